The molecule has 35 heavy (non-hydrogen) atoms. The van der Waals surface area contributed by atoms with Crippen LogP contribution < -0.4 is 0 Å². The highest BCUT2D eigenvalue weighted by atomic mass is 35.5. The predicted molar refractivity (Wildman–Crippen MR) is 119 cm³/mol. The number of carbonyl (C=O) groups excluding carboxylic acids is 1. The monoisotopic (exact) mass is 518 g/mol. The summed E-state index contributed by atoms with van der Waals surface area (Å²) in [6.45, 7) is 3.90. The Morgan fingerprint density at radius 1 is 0.914 bits per heavy atom. The van der Waals surface area contributed by atoms with Crippen molar-refractivity contribution in [2.45, 2.75) is 51.8 Å². The lowest BCUT2D eigenvalue weighted by Crippen LogP contribution is -2.36. The first-order valence-corrected chi connectivity index (χ1v) is 10.7. The Balaban J connectivity index is 2.04. The van der Waals surface area contributed by atoms with Gasteiger partial charge in [0.25, 0.3) is 0 Å². The molecule has 0 aliphatic carbocycles. The van der Waals surface area contributed by atoms with Gasteiger partial charge in [-0.25, -0.2) is 9.78 Å². The first-order valence-electron chi connectivity index (χ1n) is 10.3. The molecule has 0 aliphatic rings. The topological polar surface area (TPSA) is 42.4 Å². The van der Waals surface area contributed by atoms with Gasteiger partial charge in [-0.15, -0.1) is 0 Å². The van der Waals surface area contributed by atoms with Gasteiger partial charge in [-0.1, -0.05) is 29.8 Å². The van der Waals surface area contributed by atoms with E-state index in [0.717, 1.165) is 4.90 Å². The molecule has 0 bridgehead atoms. The van der Waals surface area contributed by atoms with Gasteiger partial charge in [0.1, 0.15) is 10.8 Å². The van der Waals surface area contributed by atoms with Crippen LogP contribution in [0, 0.1) is 0 Å². The number of halogens is 7. The van der Waals surface area contributed by atoms with E-state index in [1.807, 2.05) is 0 Å². The number of carbonyl (C=O) groups is 1. The van der Waals surface area contributed by atoms with Crippen molar-refractivity contribution < 1.29 is 35.9 Å². The van der Waals surface area contributed by atoms with Crippen LogP contribution in [0.1, 0.15) is 43.0 Å². The number of fused-ring (bicyclic) bond motifs is 1. The molecular formula is C24H21ClF6N2O2. The average Bonchev–Trinajstić information content (AvgIpc) is 2.71. The number of para-hydroxylation sites is 1. The van der Waals surface area contributed by atoms with Crippen molar-refractivity contribution in [2.75, 3.05) is 0 Å². The van der Waals surface area contributed by atoms with Gasteiger partial charge in [-0.3, -0.25) is 4.90 Å². The molecule has 0 radical (unpaired) electrons. The van der Waals surface area contributed by atoms with Crippen molar-refractivity contribution in [3.05, 3.63) is 75.9 Å². The summed E-state index contributed by atoms with van der Waals surface area (Å²) in [7, 11) is 0. The van der Waals surface area contributed by atoms with Crippen LogP contribution in [0.5, 0.6) is 0 Å². The van der Waals surface area contributed by atoms with Crippen molar-refractivity contribution in [1.82, 2.24) is 9.88 Å². The second kappa shape index (κ2) is 9.56. The summed E-state index contributed by atoms with van der Waals surface area (Å²) >= 11 is 6.27. The number of alkyl halides is 6. The second-order valence-corrected chi connectivity index (χ2v) is 9.24. The van der Waals surface area contributed by atoms with Gasteiger partial charge in [0.2, 0.25) is 0 Å². The van der Waals surface area contributed by atoms with Gasteiger partial charge in [0.15, 0.2) is 0 Å². The lowest BCUT2D eigenvalue weighted by Gasteiger charge is -2.28. The Morgan fingerprint density at radius 3 is 2.03 bits per heavy atom. The van der Waals surface area contributed by atoms with Gasteiger partial charge < -0.3 is 4.74 Å². The molecule has 0 spiro atoms. The fourth-order valence-corrected chi connectivity index (χ4v) is 3.50. The number of nitrogens with zero attached hydrogens (tertiary/aromatic N) is 2. The predicted octanol–water partition coefficient (Wildman–Crippen LogP) is 7.86. The molecule has 0 fully saturated rings. The Bertz CT molecular complexity index is 1200. The number of amides is 1. The number of rotatable bonds is 4. The Morgan fingerprint density at radius 2 is 1.49 bits per heavy atom. The van der Waals surface area contributed by atoms with Gasteiger partial charge in [0.05, 0.1) is 23.2 Å². The lowest BCUT2D eigenvalue weighted by atomic mass is 10.0. The normalized spacial score (nSPS) is 12.6. The Hall–Kier alpha value is -3.01. The quantitative estimate of drug-likeness (QED) is 0.261. The van der Waals surface area contributed by atoms with Crippen LogP contribution in [-0.4, -0.2) is 21.6 Å². The minimum absolute atomic E-state index is 0.0332. The summed E-state index contributed by atoms with van der Waals surface area (Å²) in [6.07, 6.45) is -11.0. The Labute approximate surface area is 202 Å². The first kappa shape index (κ1) is 26.6. The van der Waals surface area contributed by atoms with Crippen LogP contribution in [0.4, 0.5) is 31.1 Å². The fraction of sp³-hybridized carbons (Fsp3) is 0.333. The van der Waals surface area contributed by atoms with E-state index >= 15 is 0 Å². The van der Waals surface area contributed by atoms with Crippen LogP contribution in [0.3, 0.4) is 0 Å². The number of hydrogen-bond donors (Lipinski definition) is 0. The molecule has 0 saturated carbocycles. The largest absolute Gasteiger partial charge is 0.444 e. The molecule has 3 aromatic rings. The molecule has 0 atom stereocenters. The van der Waals surface area contributed by atoms with E-state index < -0.39 is 41.7 Å². The molecular weight excluding hydrogens is 498 g/mol. The average molecular weight is 519 g/mol. The summed E-state index contributed by atoms with van der Waals surface area (Å²) in [4.78, 5) is 18.1. The SMILES string of the molecule is CC(C)(C)OC(=O)N(Cc1cc(C(F)(F)F)cc(C(F)(F)F)c1)Cc1cc2ccccc2nc1Cl. The zero-order valence-corrected chi connectivity index (χ0v) is 19.6. The van der Waals surface area contributed by atoms with E-state index in [1.54, 1.807) is 51.1 Å². The summed E-state index contributed by atoms with van der Waals surface area (Å²) in [5.41, 5.74) is -3.36. The number of ether oxygens (including phenoxy) is 1. The maximum absolute atomic E-state index is 13.3. The van der Waals surface area contributed by atoms with Crippen LogP contribution in [0.25, 0.3) is 10.9 Å². The third-order valence-electron chi connectivity index (χ3n) is 4.78. The van der Waals surface area contributed by atoms with E-state index in [0.29, 0.717) is 28.6 Å². The number of aromatic nitrogens is 1. The zero-order valence-electron chi connectivity index (χ0n) is 18.9. The molecule has 0 aliphatic heterocycles. The molecule has 0 saturated heterocycles. The maximum Gasteiger partial charge on any atom is 0.416 e. The van der Waals surface area contributed by atoms with Crippen molar-refractivity contribution in [3.8, 4) is 0 Å². The number of pyridine rings is 1. The van der Waals surface area contributed by atoms with Crippen molar-refractivity contribution in [1.29, 1.82) is 0 Å². The zero-order chi connectivity index (χ0) is 26.2. The molecule has 4 nitrogen and oxygen atoms in total. The summed E-state index contributed by atoms with van der Waals surface area (Å²) < 4.78 is 85.2. The highest BCUT2D eigenvalue weighted by Gasteiger charge is 2.37. The minimum Gasteiger partial charge on any atom is -0.444 e. The first-order chi connectivity index (χ1) is 16.0. The van der Waals surface area contributed by atoms with E-state index in [9.17, 15) is 31.1 Å². The van der Waals surface area contributed by atoms with Crippen molar-refractivity contribution in [3.63, 3.8) is 0 Å². The summed E-state index contributed by atoms with van der Waals surface area (Å²) in [6, 6.07) is 9.82. The van der Waals surface area contributed by atoms with Gasteiger partial charge in [0, 0.05) is 17.5 Å². The molecule has 0 N–H and O–H groups in total. The fourth-order valence-electron chi connectivity index (χ4n) is 3.30. The maximum atomic E-state index is 13.3. The minimum atomic E-state index is -5.02. The van der Waals surface area contributed by atoms with Crippen LogP contribution in [0.2, 0.25) is 5.15 Å². The number of hydrogen-bond acceptors (Lipinski definition) is 3. The molecule has 1 heterocycles. The molecule has 188 valence electrons. The summed E-state index contributed by atoms with van der Waals surface area (Å²) in [5.74, 6) is 0. The molecule has 1 amide bonds. The lowest BCUT2D eigenvalue weighted by molar-refractivity contribution is -0.143. The van der Waals surface area contributed by atoms with Crippen LogP contribution in [0.15, 0.2) is 48.5 Å². The van der Waals surface area contributed by atoms with Crippen LogP contribution in [-0.2, 0) is 30.2 Å². The molecule has 11 heteroatoms. The highest BCUT2D eigenvalue weighted by molar-refractivity contribution is 6.30. The summed E-state index contributed by atoms with van der Waals surface area (Å²) in [5, 5.41) is 0.728. The second-order valence-electron chi connectivity index (χ2n) is 8.88. The van der Waals surface area contributed by atoms with Crippen LogP contribution >= 0.6 is 11.6 Å². The smallest absolute Gasteiger partial charge is 0.416 e. The highest BCUT2D eigenvalue weighted by Crippen LogP contribution is 2.37. The Kier molecular flexibility index (Phi) is 7.26. The standard InChI is InChI=1S/C24H21ClF6N2O2/c1-22(2,3)35-21(34)33(13-16-10-15-6-4-5-7-19(15)32-20(16)25)12-14-8-17(23(26,27)28)11-18(9-14)24(29,30)31/h4-11H,12-13H2,1-3H3. The number of benzene rings is 2. The van der Waals surface area contributed by atoms with E-state index in [2.05, 4.69) is 4.98 Å². The molecule has 0 unspecified atom stereocenters. The third kappa shape index (κ3) is 7.00. The van der Waals surface area contributed by atoms with Gasteiger partial charge in [-0.05, 0) is 56.7 Å². The van der Waals surface area contributed by atoms with E-state index in [-0.39, 0.29) is 23.3 Å². The molecule has 2 aromatic carbocycles. The van der Waals surface area contributed by atoms with Crippen molar-refractivity contribution >= 4 is 28.6 Å². The van der Waals surface area contributed by atoms with E-state index in [1.165, 1.54) is 0 Å². The van der Waals surface area contributed by atoms with Crippen molar-refractivity contribution in [2.24, 2.45) is 0 Å². The van der Waals surface area contributed by atoms with E-state index in [4.69, 9.17) is 16.3 Å². The van der Waals surface area contributed by atoms with Gasteiger partial charge in [-0.2, -0.15) is 26.3 Å². The molecule has 3 rings (SSSR count). The van der Waals surface area contributed by atoms with Gasteiger partial charge >= 0.3 is 18.4 Å². The third-order valence-corrected chi connectivity index (χ3v) is 5.11. The molecule has 1 aromatic heterocycles.